The molecule has 6 heteroatoms. The van der Waals surface area contributed by atoms with E-state index in [1.165, 1.54) is 12.1 Å². The lowest BCUT2D eigenvalue weighted by molar-refractivity contribution is 0.415. The number of benzene rings is 2. The Bertz CT molecular complexity index is 839. The molecular weight excluding hydrogens is 314 g/mol. The van der Waals surface area contributed by atoms with Gasteiger partial charge in [-0.3, -0.25) is 0 Å². The molecule has 3 rings (SSSR count). The largest absolute Gasteiger partial charge is 0.497 e. The van der Waals surface area contributed by atoms with Crippen LogP contribution in [0.3, 0.4) is 0 Å². The summed E-state index contributed by atoms with van der Waals surface area (Å²) in [5.74, 6) is 0.467. The van der Waals surface area contributed by atoms with Gasteiger partial charge in [-0.1, -0.05) is 35.3 Å². The molecule has 0 N–H and O–H groups in total. The number of hydrogen-bond donors (Lipinski definition) is 0. The van der Waals surface area contributed by atoms with E-state index in [4.69, 9.17) is 27.9 Å². The van der Waals surface area contributed by atoms with Gasteiger partial charge in [-0.05, 0) is 24.3 Å². The molecule has 0 bridgehead atoms. The second kappa shape index (κ2) is 5.47. The van der Waals surface area contributed by atoms with Crippen molar-refractivity contribution in [1.82, 2.24) is 9.97 Å². The molecule has 1 heterocycles. The van der Waals surface area contributed by atoms with Crippen molar-refractivity contribution in [3.8, 4) is 17.1 Å². The molecule has 0 radical (unpaired) electrons. The van der Waals surface area contributed by atoms with Crippen molar-refractivity contribution in [2.75, 3.05) is 7.11 Å². The number of aromatic nitrogens is 2. The van der Waals surface area contributed by atoms with Crippen molar-refractivity contribution >= 4 is 34.1 Å². The van der Waals surface area contributed by atoms with E-state index in [-0.39, 0.29) is 10.7 Å². The molecule has 0 aliphatic carbocycles. The molecule has 0 amide bonds. The number of ether oxygens (including phenoxy) is 1. The van der Waals surface area contributed by atoms with E-state index in [2.05, 4.69) is 9.97 Å². The van der Waals surface area contributed by atoms with Crippen molar-refractivity contribution in [2.45, 2.75) is 0 Å². The fourth-order valence-corrected chi connectivity index (χ4v) is 2.58. The first-order valence-electron chi connectivity index (χ1n) is 6.06. The lowest BCUT2D eigenvalue weighted by Gasteiger charge is -2.08. The van der Waals surface area contributed by atoms with Gasteiger partial charge in [0.25, 0.3) is 0 Å². The van der Waals surface area contributed by atoms with Crippen LogP contribution in [0.2, 0.25) is 10.2 Å². The number of fused-ring (bicyclic) bond motifs is 1. The molecule has 3 aromatic rings. The van der Waals surface area contributed by atoms with Crippen LogP contribution in [0.1, 0.15) is 0 Å². The molecule has 0 spiro atoms. The summed E-state index contributed by atoms with van der Waals surface area (Å²) in [6, 6.07) is 9.82. The molecule has 0 saturated heterocycles. The zero-order valence-corrected chi connectivity index (χ0v) is 12.4. The Labute approximate surface area is 130 Å². The third-order valence-corrected chi connectivity index (χ3v) is 3.62. The first-order chi connectivity index (χ1) is 10.1. The normalized spacial score (nSPS) is 10.9. The molecule has 106 valence electrons. The minimum atomic E-state index is -0.497. The van der Waals surface area contributed by atoms with Crippen LogP contribution in [0.15, 0.2) is 36.4 Å². The Kier molecular flexibility index (Phi) is 3.66. The molecule has 2 aromatic carbocycles. The summed E-state index contributed by atoms with van der Waals surface area (Å²) in [6.07, 6.45) is 0. The number of hydrogen-bond acceptors (Lipinski definition) is 3. The third kappa shape index (κ3) is 2.52. The van der Waals surface area contributed by atoms with E-state index in [9.17, 15) is 4.39 Å². The van der Waals surface area contributed by atoms with Gasteiger partial charge in [0.15, 0.2) is 5.82 Å². The quantitative estimate of drug-likeness (QED) is 0.638. The lowest BCUT2D eigenvalue weighted by atomic mass is 10.2. The average Bonchev–Trinajstić information content (AvgIpc) is 2.50. The molecule has 3 nitrogen and oxygen atoms in total. The zero-order chi connectivity index (χ0) is 15.0. The number of halogens is 3. The van der Waals surface area contributed by atoms with Crippen molar-refractivity contribution in [3.63, 3.8) is 0 Å². The van der Waals surface area contributed by atoms with Crippen LogP contribution in [-0.2, 0) is 0 Å². The van der Waals surface area contributed by atoms with Crippen molar-refractivity contribution in [1.29, 1.82) is 0 Å². The Morgan fingerprint density at radius 3 is 2.67 bits per heavy atom. The van der Waals surface area contributed by atoms with Gasteiger partial charge in [0.1, 0.15) is 22.2 Å². The molecule has 21 heavy (non-hydrogen) atoms. The summed E-state index contributed by atoms with van der Waals surface area (Å²) in [5, 5.41) is 0.737. The summed E-state index contributed by atoms with van der Waals surface area (Å²) >= 11 is 12.2. The van der Waals surface area contributed by atoms with E-state index in [1.807, 2.05) is 0 Å². The summed E-state index contributed by atoms with van der Waals surface area (Å²) < 4.78 is 19.1. The highest BCUT2D eigenvalue weighted by molar-refractivity contribution is 6.41. The van der Waals surface area contributed by atoms with E-state index in [1.54, 1.807) is 31.4 Å². The summed E-state index contributed by atoms with van der Waals surface area (Å²) in [7, 11) is 1.56. The summed E-state index contributed by atoms with van der Waals surface area (Å²) in [5.41, 5.74) is 0.776. The van der Waals surface area contributed by atoms with Crippen molar-refractivity contribution in [2.24, 2.45) is 0 Å². The molecule has 0 atom stereocenters. The van der Waals surface area contributed by atoms with E-state index in [0.29, 0.717) is 27.5 Å². The monoisotopic (exact) mass is 322 g/mol. The number of rotatable bonds is 2. The fraction of sp³-hybridized carbons (Fsp3) is 0.0667. The van der Waals surface area contributed by atoms with E-state index < -0.39 is 5.82 Å². The fourth-order valence-electron chi connectivity index (χ4n) is 2.02. The predicted molar refractivity (Wildman–Crippen MR) is 81.5 cm³/mol. The van der Waals surface area contributed by atoms with E-state index in [0.717, 1.165) is 0 Å². The summed E-state index contributed by atoms with van der Waals surface area (Å²) in [4.78, 5) is 8.43. The van der Waals surface area contributed by atoms with Crippen LogP contribution in [-0.4, -0.2) is 17.1 Å². The van der Waals surface area contributed by atoms with Crippen molar-refractivity contribution < 1.29 is 9.13 Å². The van der Waals surface area contributed by atoms with E-state index >= 15 is 0 Å². The van der Waals surface area contributed by atoms with Gasteiger partial charge in [-0.25, -0.2) is 14.4 Å². The van der Waals surface area contributed by atoms with Crippen molar-refractivity contribution in [3.05, 3.63) is 52.4 Å². The lowest BCUT2D eigenvalue weighted by Crippen LogP contribution is -1.95. The SMILES string of the molecule is COc1cccc(-c2nc(Cl)c3c(Cl)ccc(F)c3n2)c1. The Balaban J connectivity index is 2.27. The highest BCUT2D eigenvalue weighted by atomic mass is 35.5. The Hall–Kier alpha value is -1.91. The molecule has 1 aromatic heterocycles. The second-order valence-corrected chi connectivity index (χ2v) is 5.09. The van der Waals surface area contributed by atoms with Crippen LogP contribution in [0, 0.1) is 5.82 Å². The Morgan fingerprint density at radius 1 is 1.10 bits per heavy atom. The first kappa shape index (κ1) is 14.0. The molecule has 0 unspecified atom stereocenters. The van der Waals surface area contributed by atoms with Gasteiger partial charge in [-0.2, -0.15) is 0 Å². The van der Waals surface area contributed by atoms with Gasteiger partial charge in [0, 0.05) is 5.56 Å². The minimum absolute atomic E-state index is 0.0975. The van der Waals surface area contributed by atoms with Crippen LogP contribution in [0.25, 0.3) is 22.3 Å². The highest BCUT2D eigenvalue weighted by Crippen LogP contribution is 2.32. The maximum absolute atomic E-state index is 14.0. The topological polar surface area (TPSA) is 35.0 Å². The van der Waals surface area contributed by atoms with Gasteiger partial charge >= 0.3 is 0 Å². The number of methoxy groups -OCH3 is 1. The van der Waals surface area contributed by atoms with Gasteiger partial charge in [-0.15, -0.1) is 0 Å². The van der Waals surface area contributed by atoms with Gasteiger partial charge < -0.3 is 4.74 Å². The average molecular weight is 323 g/mol. The maximum Gasteiger partial charge on any atom is 0.161 e. The standard InChI is InChI=1S/C15H9Cl2FN2O/c1-21-9-4-2-3-8(7-9)15-19-13-11(18)6-5-10(16)12(13)14(17)20-15/h2-7H,1H3. The minimum Gasteiger partial charge on any atom is -0.497 e. The number of nitrogens with zero attached hydrogens (tertiary/aromatic N) is 2. The van der Waals surface area contributed by atoms with Crippen LogP contribution in [0.4, 0.5) is 4.39 Å². The molecule has 0 fully saturated rings. The Morgan fingerprint density at radius 2 is 1.90 bits per heavy atom. The van der Waals surface area contributed by atoms with Crippen LogP contribution >= 0.6 is 23.2 Å². The molecule has 0 saturated carbocycles. The van der Waals surface area contributed by atoms with Crippen LogP contribution in [0.5, 0.6) is 5.75 Å². The molecule has 0 aliphatic heterocycles. The predicted octanol–water partition coefficient (Wildman–Crippen LogP) is 4.75. The van der Waals surface area contributed by atoms with Crippen LogP contribution < -0.4 is 4.74 Å². The zero-order valence-electron chi connectivity index (χ0n) is 10.9. The molecular formula is C15H9Cl2FN2O. The smallest absolute Gasteiger partial charge is 0.161 e. The van der Waals surface area contributed by atoms with Gasteiger partial charge in [0.05, 0.1) is 17.5 Å². The van der Waals surface area contributed by atoms with Gasteiger partial charge in [0.2, 0.25) is 0 Å². The summed E-state index contributed by atoms with van der Waals surface area (Å²) in [6.45, 7) is 0. The molecule has 0 aliphatic rings. The third-order valence-electron chi connectivity index (χ3n) is 3.03. The maximum atomic E-state index is 14.0. The second-order valence-electron chi connectivity index (χ2n) is 4.32. The highest BCUT2D eigenvalue weighted by Gasteiger charge is 2.14. The first-order valence-corrected chi connectivity index (χ1v) is 6.81.